The van der Waals surface area contributed by atoms with Gasteiger partial charge in [-0.15, -0.1) is 0 Å². The Labute approximate surface area is 372 Å². The number of hydrogen-bond donors (Lipinski definition) is 9. The zero-order chi connectivity index (χ0) is 45.4. The molecule has 2 saturated heterocycles. The average Bonchev–Trinajstić information content (AvgIpc) is 3.27. The van der Waals surface area contributed by atoms with Crippen LogP contribution in [0.2, 0.25) is 0 Å². The van der Waals surface area contributed by atoms with Gasteiger partial charge in [0.2, 0.25) is 5.91 Å². The molecular weight excluding hydrogens is 799 g/mol. The van der Waals surface area contributed by atoms with E-state index in [1.165, 1.54) is 83.5 Å². The van der Waals surface area contributed by atoms with Crippen LogP contribution in [-0.4, -0.2) is 140 Å². The van der Waals surface area contributed by atoms with Gasteiger partial charge in [-0.2, -0.15) is 0 Å². The summed E-state index contributed by atoms with van der Waals surface area (Å²) in [7, 11) is 0. The first-order valence-corrected chi connectivity index (χ1v) is 24.2. The van der Waals surface area contributed by atoms with Gasteiger partial charge in [0.25, 0.3) is 0 Å². The molecule has 1 amide bonds. The molecule has 12 atom stereocenters. The summed E-state index contributed by atoms with van der Waals surface area (Å²) in [6.45, 7) is 2.72. The molecule has 0 aliphatic carbocycles. The molecule has 12 unspecified atom stereocenters. The Hall–Kier alpha value is -1.79. The van der Waals surface area contributed by atoms with Crippen molar-refractivity contribution in [3.8, 4) is 0 Å². The molecule has 0 spiro atoms. The lowest BCUT2D eigenvalue weighted by atomic mass is 9.97. The molecule has 2 heterocycles. The van der Waals surface area contributed by atoms with E-state index in [4.69, 9.17) is 18.9 Å². The number of unbranched alkanes of at least 4 members (excludes halogenated alkanes) is 19. The number of aliphatic hydroxyl groups excluding tert-OH is 8. The molecule has 2 aliphatic heterocycles. The van der Waals surface area contributed by atoms with Crippen molar-refractivity contribution in [2.45, 2.75) is 242 Å². The molecule has 0 saturated carbocycles. The van der Waals surface area contributed by atoms with E-state index in [2.05, 4.69) is 43.5 Å². The van der Waals surface area contributed by atoms with Gasteiger partial charge in [0, 0.05) is 6.42 Å². The van der Waals surface area contributed by atoms with Gasteiger partial charge in [0.05, 0.1) is 32.0 Å². The Balaban J connectivity index is 1.89. The van der Waals surface area contributed by atoms with Crippen LogP contribution in [-0.2, 0) is 23.7 Å². The van der Waals surface area contributed by atoms with Crippen LogP contribution in [0.25, 0.3) is 0 Å². The van der Waals surface area contributed by atoms with Crippen molar-refractivity contribution < 1.29 is 64.6 Å². The number of hydrogen-bond acceptors (Lipinski definition) is 13. The van der Waals surface area contributed by atoms with Crippen molar-refractivity contribution >= 4 is 5.91 Å². The number of carbonyl (C=O) groups excluding carboxylic acids is 1. The number of amides is 1. The first kappa shape index (κ1) is 56.3. The predicted molar refractivity (Wildman–Crippen MR) is 240 cm³/mol. The summed E-state index contributed by atoms with van der Waals surface area (Å²) in [6, 6.07) is -0.932. The standard InChI is InChI=1S/C48H87NO13/c1-3-5-7-9-11-13-15-17-18-19-20-22-24-26-28-30-32-40(53)49-36(37(52)31-29-27-25-23-21-16-14-12-10-8-6-4-2)35-59-47-45(58)43(56)46(39(34-51)61-47)62-48-44(57)42(55)41(54)38(33-50)60-48/h18-19,21,23,29,31,36-39,41-48,50-52,54-58H,3-17,20,22,24-28,30,32-35H2,1-2H3,(H,49,53)/b19-18-,23-21+,31-29+. The molecule has 14 heteroatoms. The molecule has 9 N–H and O–H groups in total. The second-order valence-electron chi connectivity index (χ2n) is 17.2. The van der Waals surface area contributed by atoms with Crippen LogP contribution in [0.5, 0.6) is 0 Å². The Kier molecular flexibility index (Phi) is 32.2. The van der Waals surface area contributed by atoms with E-state index in [1.807, 2.05) is 6.08 Å². The fourth-order valence-electron chi connectivity index (χ4n) is 7.77. The molecular formula is C48H87NO13. The second-order valence-corrected chi connectivity index (χ2v) is 17.2. The molecule has 362 valence electrons. The van der Waals surface area contributed by atoms with Crippen LogP contribution in [0.3, 0.4) is 0 Å². The summed E-state index contributed by atoms with van der Waals surface area (Å²) < 4.78 is 22.6. The Morgan fingerprint density at radius 1 is 0.565 bits per heavy atom. The Morgan fingerprint density at radius 2 is 1.03 bits per heavy atom. The molecule has 2 fully saturated rings. The van der Waals surface area contributed by atoms with Gasteiger partial charge < -0.3 is 65.1 Å². The topological polar surface area (TPSA) is 228 Å². The number of allylic oxidation sites excluding steroid dienone is 5. The van der Waals surface area contributed by atoms with Crippen molar-refractivity contribution in [3.63, 3.8) is 0 Å². The SMILES string of the molecule is CCCCCCCC/C=C/CC/C=C/C(O)C(COC1OC(CO)C(OC2OC(CO)C(O)C(O)C2O)C(O)C1O)NC(=O)CCCCCCC/C=C\CCCCCCCCC. The molecule has 0 bridgehead atoms. The van der Waals surface area contributed by atoms with E-state index in [0.29, 0.717) is 12.8 Å². The molecule has 2 aliphatic rings. The number of nitrogens with one attached hydrogen (secondary N) is 1. The van der Waals surface area contributed by atoms with E-state index in [0.717, 1.165) is 51.4 Å². The van der Waals surface area contributed by atoms with Crippen molar-refractivity contribution in [1.82, 2.24) is 5.32 Å². The highest BCUT2D eigenvalue weighted by molar-refractivity contribution is 5.76. The highest BCUT2D eigenvalue weighted by Crippen LogP contribution is 2.30. The van der Waals surface area contributed by atoms with Crippen LogP contribution >= 0.6 is 0 Å². The number of aliphatic hydroxyl groups is 8. The zero-order valence-corrected chi connectivity index (χ0v) is 38.1. The summed E-state index contributed by atoms with van der Waals surface area (Å²) in [5.74, 6) is -0.261. The maximum absolute atomic E-state index is 13.1. The lowest BCUT2D eigenvalue weighted by molar-refractivity contribution is -0.359. The quantitative estimate of drug-likeness (QED) is 0.0279. The Bertz CT molecular complexity index is 1190. The van der Waals surface area contributed by atoms with E-state index < -0.39 is 86.8 Å². The summed E-state index contributed by atoms with van der Waals surface area (Å²) in [5.41, 5.74) is 0. The minimum Gasteiger partial charge on any atom is -0.394 e. The summed E-state index contributed by atoms with van der Waals surface area (Å²) in [4.78, 5) is 13.1. The van der Waals surface area contributed by atoms with Gasteiger partial charge in [-0.3, -0.25) is 4.79 Å². The third kappa shape index (κ3) is 22.9. The van der Waals surface area contributed by atoms with Gasteiger partial charge in [-0.1, -0.05) is 140 Å². The molecule has 62 heavy (non-hydrogen) atoms. The van der Waals surface area contributed by atoms with E-state index in [1.54, 1.807) is 6.08 Å². The van der Waals surface area contributed by atoms with Gasteiger partial charge in [-0.05, 0) is 57.8 Å². The third-order valence-corrected chi connectivity index (χ3v) is 11.8. The van der Waals surface area contributed by atoms with Crippen molar-refractivity contribution in [3.05, 3.63) is 36.5 Å². The monoisotopic (exact) mass is 886 g/mol. The van der Waals surface area contributed by atoms with E-state index >= 15 is 0 Å². The van der Waals surface area contributed by atoms with Crippen LogP contribution in [0.4, 0.5) is 0 Å². The molecule has 14 nitrogen and oxygen atoms in total. The molecule has 2 rings (SSSR count). The first-order chi connectivity index (χ1) is 30.1. The lowest BCUT2D eigenvalue weighted by Crippen LogP contribution is -2.65. The summed E-state index contributed by atoms with van der Waals surface area (Å²) in [6.07, 6.45) is 21.9. The summed E-state index contributed by atoms with van der Waals surface area (Å²) in [5, 5.41) is 86.5. The minimum atomic E-state index is -1.79. The largest absolute Gasteiger partial charge is 0.394 e. The normalized spacial score (nSPS) is 28.0. The van der Waals surface area contributed by atoms with Crippen molar-refractivity contribution in [2.75, 3.05) is 19.8 Å². The highest BCUT2D eigenvalue weighted by Gasteiger charge is 2.51. The van der Waals surface area contributed by atoms with Gasteiger partial charge in [0.15, 0.2) is 12.6 Å². The smallest absolute Gasteiger partial charge is 0.220 e. The van der Waals surface area contributed by atoms with Crippen LogP contribution < -0.4 is 5.32 Å². The highest BCUT2D eigenvalue weighted by atomic mass is 16.7. The lowest BCUT2D eigenvalue weighted by Gasteiger charge is -2.46. The number of rotatable bonds is 36. The minimum absolute atomic E-state index is 0.261. The molecule has 0 aromatic heterocycles. The van der Waals surface area contributed by atoms with Gasteiger partial charge in [0.1, 0.15) is 48.8 Å². The second kappa shape index (κ2) is 35.5. The number of carbonyl (C=O) groups is 1. The van der Waals surface area contributed by atoms with E-state index in [9.17, 15) is 45.6 Å². The predicted octanol–water partition coefficient (Wildman–Crippen LogP) is 5.54. The van der Waals surface area contributed by atoms with Crippen molar-refractivity contribution in [2.24, 2.45) is 0 Å². The maximum atomic E-state index is 13.1. The van der Waals surface area contributed by atoms with E-state index in [-0.39, 0.29) is 18.9 Å². The fraction of sp³-hybridized carbons (Fsp3) is 0.854. The number of ether oxygens (including phenoxy) is 4. The first-order valence-electron chi connectivity index (χ1n) is 24.2. The van der Waals surface area contributed by atoms with Crippen molar-refractivity contribution in [1.29, 1.82) is 0 Å². The summed E-state index contributed by atoms with van der Waals surface area (Å²) >= 11 is 0. The molecule has 0 radical (unpaired) electrons. The Morgan fingerprint density at radius 3 is 1.58 bits per heavy atom. The third-order valence-electron chi connectivity index (χ3n) is 11.8. The van der Waals surface area contributed by atoms with Crippen LogP contribution in [0, 0.1) is 0 Å². The van der Waals surface area contributed by atoms with Gasteiger partial charge in [-0.25, -0.2) is 0 Å². The van der Waals surface area contributed by atoms with Gasteiger partial charge >= 0.3 is 0 Å². The molecule has 0 aromatic carbocycles. The molecule has 0 aromatic rings. The maximum Gasteiger partial charge on any atom is 0.220 e. The zero-order valence-electron chi connectivity index (χ0n) is 38.1. The van der Waals surface area contributed by atoms with Crippen LogP contribution in [0.15, 0.2) is 36.5 Å². The fourth-order valence-corrected chi connectivity index (χ4v) is 7.77. The average molecular weight is 886 g/mol. The van der Waals surface area contributed by atoms with Crippen LogP contribution in [0.1, 0.15) is 168 Å².